The maximum atomic E-state index is 12.1. The Balaban J connectivity index is 0.000000545. The molecule has 1 unspecified atom stereocenters. The van der Waals surface area contributed by atoms with Crippen molar-refractivity contribution in [3.63, 3.8) is 0 Å². The molecule has 1 saturated carbocycles. The van der Waals surface area contributed by atoms with Gasteiger partial charge >= 0.3 is 0 Å². The lowest BCUT2D eigenvalue weighted by atomic mass is 10.2. The van der Waals surface area contributed by atoms with Gasteiger partial charge in [0.1, 0.15) is 5.76 Å². The molecule has 1 aliphatic heterocycles. The summed E-state index contributed by atoms with van der Waals surface area (Å²) in [6.45, 7) is 10.6. The van der Waals surface area contributed by atoms with Crippen molar-refractivity contribution in [2.75, 3.05) is 13.1 Å². The average Bonchev–Trinajstić information content (AvgIpc) is 3.02. The Morgan fingerprint density at radius 3 is 2.64 bits per heavy atom. The van der Waals surface area contributed by atoms with Crippen LogP contribution in [-0.2, 0) is 0 Å². The van der Waals surface area contributed by atoms with Crippen LogP contribution in [-0.4, -0.2) is 41.1 Å². The molecule has 1 saturated heterocycles. The molecule has 3 rings (SSSR count). The lowest BCUT2D eigenvalue weighted by Gasteiger charge is -2.20. The SMILES string of the molecule is CC(C)N1CCC(NC(=O)c2cc(C3CC3)on2)C1.CCC. The van der Waals surface area contributed by atoms with Gasteiger partial charge in [0.25, 0.3) is 5.91 Å². The van der Waals surface area contributed by atoms with Gasteiger partial charge in [-0.2, -0.15) is 0 Å². The molecule has 2 fully saturated rings. The van der Waals surface area contributed by atoms with E-state index in [4.69, 9.17) is 4.52 Å². The van der Waals surface area contributed by atoms with E-state index in [1.807, 2.05) is 0 Å². The minimum absolute atomic E-state index is 0.105. The Kier molecular flexibility index (Phi) is 6.00. The van der Waals surface area contributed by atoms with Crippen molar-refractivity contribution in [3.8, 4) is 0 Å². The normalized spacial score (nSPS) is 21.6. The van der Waals surface area contributed by atoms with Crippen molar-refractivity contribution >= 4 is 5.91 Å². The molecule has 0 spiro atoms. The fourth-order valence-corrected chi connectivity index (χ4v) is 2.59. The third-order valence-corrected chi connectivity index (χ3v) is 4.03. The Morgan fingerprint density at radius 1 is 1.41 bits per heavy atom. The summed E-state index contributed by atoms with van der Waals surface area (Å²) in [4.78, 5) is 14.5. The molecule has 1 aromatic rings. The second-order valence-electron chi connectivity index (χ2n) is 6.64. The summed E-state index contributed by atoms with van der Waals surface area (Å²) in [6, 6.07) is 2.56. The van der Waals surface area contributed by atoms with Crippen molar-refractivity contribution < 1.29 is 9.32 Å². The van der Waals surface area contributed by atoms with E-state index in [2.05, 4.69) is 43.1 Å². The first-order valence-electron chi connectivity index (χ1n) is 8.56. The Bertz CT molecular complexity index is 480. The highest BCUT2D eigenvalue weighted by Gasteiger charge is 2.30. The fraction of sp³-hybridized carbons (Fsp3) is 0.765. The number of aromatic nitrogens is 1. The molecule has 1 N–H and O–H groups in total. The van der Waals surface area contributed by atoms with Crippen LogP contribution < -0.4 is 5.32 Å². The lowest BCUT2D eigenvalue weighted by Crippen LogP contribution is -2.38. The molecule has 0 radical (unpaired) electrons. The highest BCUT2D eigenvalue weighted by molar-refractivity contribution is 5.92. The predicted octanol–water partition coefficient (Wildman–Crippen LogP) is 3.18. The van der Waals surface area contributed by atoms with E-state index in [1.165, 1.54) is 6.42 Å². The molecule has 1 atom stereocenters. The standard InChI is InChI=1S/C14H21N3O2.C3H8/c1-9(2)17-6-5-11(8-17)15-14(18)12-7-13(19-16-12)10-3-4-10;1-3-2/h7,9-11H,3-6,8H2,1-2H3,(H,15,18);3H2,1-2H3. The van der Waals surface area contributed by atoms with Crippen LogP contribution in [0.4, 0.5) is 0 Å². The molecular formula is C17H29N3O2. The van der Waals surface area contributed by atoms with Gasteiger partial charge in [0.2, 0.25) is 0 Å². The van der Waals surface area contributed by atoms with Gasteiger partial charge in [-0.25, -0.2) is 0 Å². The van der Waals surface area contributed by atoms with E-state index in [1.54, 1.807) is 6.07 Å². The largest absolute Gasteiger partial charge is 0.360 e. The number of carbonyl (C=O) groups excluding carboxylic acids is 1. The van der Waals surface area contributed by atoms with E-state index in [0.29, 0.717) is 17.7 Å². The van der Waals surface area contributed by atoms with Gasteiger partial charge < -0.3 is 9.84 Å². The van der Waals surface area contributed by atoms with Crippen LogP contribution in [0, 0.1) is 0 Å². The van der Waals surface area contributed by atoms with Gasteiger partial charge in [-0.05, 0) is 33.1 Å². The Hall–Kier alpha value is -1.36. The molecule has 124 valence electrons. The first-order valence-corrected chi connectivity index (χ1v) is 8.56. The third-order valence-electron chi connectivity index (χ3n) is 4.03. The average molecular weight is 307 g/mol. The Labute approximate surface area is 133 Å². The maximum absolute atomic E-state index is 12.1. The Morgan fingerprint density at radius 2 is 2.09 bits per heavy atom. The molecule has 2 heterocycles. The van der Waals surface area contributed by atoms with E-state index in [-0.39, 0.29) is 11.9 Å². The van der Waals surface area contributed by atoms with E-state index in [9.17, 15) is 4.79 Å². The van der Waals surface area contributed by atoms with Crippen molar-refractivity contribution in [2.24, 2.45) is 0 Å². The fourth-order valence-electron chi connectivity index (χ4n) is 2.59. The number of nitrogens with zero attached hydrogens (tertiary/aromatic N) is 2. The third kappa shape index (κ3) is 4.57. The highest BCUT2D eigenvalue weighted by atomic mass is 16.5. The predicted molar refractivity (Wildman–Crippen MR) is 87.0 cm³/mol. The topological polar surface area (TPSA) is 58.4 Å². The zero-order chi connectivity index (χ0) is 16.1. The smallest absolute Gasteiger partial charge is 0.273 e. The van der Waals surface area contributed by atoms with Crippen LogP contribution in [0.25, 0.3) is 0 Å². The highest BCUT2D eigenvalue weighted by Crippen LogP contribution is 2.40. The summed E-state index contributed by atoms with van der Waals surface area (Å²) in [6.07, 6.45) is 4.57. The zero-order valence-corrected chi connectivity index (χ0v) is 14.3. The minimum atomic E-state index is -0.105. The van der Waals surface area contributed by atoms with E-state index in [0.717, 1.165) is 38.1 Å². The number of likely N-dealkylation sites (tertiary alicyclic amines) is 1. The van der Waals surface area contributed by atoms with Crippen molar-refractivity contribution in [2.45, 2.75) is 71.4 Å². The molecule has 0 bridgehead atoms. The summed E-state index contributed by atoms with van der Waals surface area (Å²) >= 11 is 0. The summed E-state index contributed by atoms with van der Waals surface area (Å²) in [5.41, 5.74) is 0.421. The molecule has 5 nitrogen and oxygen atoms in total. The second-order valence-corrected chi connectivity index (χ2v) is 6.64. The van der Waals surface area contributed by atoms with Gasteiger partial charge in [-0.15, -0.1) is 0 Å². The van der Waals surface area contributed by atoms with E-state index < -0.39 is 0 Å². The summed E-state index contributed by atoms with van der Waals surface area (Å²) < 4.78 is 5.21. The van der Waals surface area contributed by atoms with E-state index >= 15 is 0 Å². The van der Waals surface area contributed by atoms with Crippen LogP contribution in [0.3, 0.4) is 0 Å². The molecule has 5 heteroatoms. The maximum Gasteiger partial charge on any atom is 0.273 e. The summed E-state index contributed by atoms with van der Waals surface area (Å²) in [7, 11) is 0. The van der Waals surface area contributed by atoms with Crippen LogP contribution in [0.5, 0.6) is 0 Å². The summed E-state index contributed by atoms with van der Waals surface area (Å²) in [5, 5.41) is 6.92. The van der Waals surface area contributed by atoms with Crippen LogP contribution in [0.2, 0.25) is 0 Å². The summed E-state index contributed by atoms with van der Waals surface area (Å²) in [5.74, 6) is 1.25. The van der Waals surface area contributed by atoms with Gasteiger partial charge in [-0.1, -0.05) is 25.4 Å². The number of amides is 1. The quantitative estimate of drug-likeness (QED) is 0.928. The first-order chi connectivity index (χ1) is 10.5. The molecular weight excluding hydrogens is 278 g/mol. The van der Waals surface area contributed by atoms with Crippen LogP contribution in [0.1, 0.15) is 75.5 Å². The number of nitrogens with one attached hydrogen (secondary N) is 1. The number of carbonyl (C=O) groups is 1. The van der Waals surface area contributed by atoms with Gasteiger partial charge in [0.05, 0.1) is 0 Å². The molecule has 1 amide bonds. The molecule has 2 aliphatic rings. The lowest BCUT2D eigenvalue weighted by molar-refractivity contribution is 0.0927. The number of rotatable bonds is 4. The van der Waals surface area contributed by atoms with Crippen molar-refractivity contribution in [1.82, 2.24) is 15.4 Å². The van der Waals surface area contributed by atoms with Crippen LogP contribution in [0.15, 0.2) is 10.6 Å². The number of hydrogen-bond donors (Lipinski definition) is 1. The molecule has 22 heavy (non-hydrogen) atoms. The first kappa shape index (κ1) is 17.0. The zero-order valence-electron chi connectivity index (χ0n) is 14.3. The van der Waals surface area contributed by atoms with Gasteiger partial charge in [0.15, 0.2) is 5.69 Å². The molecule has 1 aliphatic carbocycles. The van der Waals surface area contributed by atoms with Gasteiger partial charge in [-0.3, -0.25) is 9.69 Å². The molecule has 1 aromatic heterocycles. The minimum Gasteiger partial charge on any atom is -0.360 e. The molecule has 0 aromatic carbocycles. The monoisotopic (exact) mass is 307 g/mol. The van der Waals surface area contributed by atoms with Crippen molar-refractivity contribution in [3.05, 3.63) is 17.5 Å². The van der Waals surface area contributed by atoms with Gasteiger partial charge in [0, 0.05) is 37.2 Å². The second kappa shape index (κ2) is 7.77. The van der Waals surface area contributed by atoms with Crippen molar-refractivity contribution in [1.29, 1.82) is 0 Å². The number of hydrogen-bond acceptors (Lipinski definition) is 4. The van der Waals surface area contributed by atoms with Crippen LogP contribution >= 0.6 is 0 Å².